The fourth-order valence-corrected chi connectivity index (χ4v) is 5.58. The summed E-state index contributed by atoms with van der Waals surface area (Å²) in [5, 5.41) is 0. The number of hydrazine groups is 1. The van der Waals surface area contributed by atoms with Crippen molar-refractivity contribution in [3.05, 3.63) is 45.6 Å². The van der Waals surface area contributed by atoms with Gasteiger partial charge in [-0.25, -0.2) is 13.1 Å². The number of hydrogen-bond donors (Lipinski definition) is 3. The first-order valence-corrected chi connectivity index (χ1v) is 12.5. The molecule has 10 heteroatoms. The lowest BCUT2D eigenvalue weighted by atomic mass is 9.87. The van der Waals surface area contributed by atoms with Crippen molar-refractivity contribution < 1.29 is 22.7 Å². The van der Waals surface area contributed by atoms with E-state index < -0.39 is 15.9 Å². The third-order valence-corrected chi connectivity index (χ3v) is 8.03. The van der Waals surface area contributed by atoms with Crippen molar-refractivity contribution in [1.29, 1.82) is 0 Å². The van der Waals surface area contributed by atoms with Crippen molar-refractivity contribution in [3.63, 3.8) is 0 Å². The van der Waals surface area contributed by atoms with Gasteiger partial charge in [0.2, 0.25) is 15.9 Å². The smallest absolute Gasteiger partial charge is 0.279 e. The zero-order valence-corrected chi connectivity index (χ0v) is 19.2. The van der Waals surface area contributed by atoms with Crippen molar-refractivity contribution in [1.82, 2.24) is 15.6 Å². The Labute approximate surface area is 186 Å². The SMILES string of the molecule is CC[C@@H]1CCc2sc(C(=O)NNC(=O)CCNS(=O)(=O)c3ccc(OC)cc3)cc2C1. The molecule has 31 heavy (non-hydrogen) atoms. The van der Waals surface area contributed by atoms with E-state index in [0.29, 0.717) is 16.5 Å². The molecule has 1 aliphatic carbocycles. The van der Waals surface area contributed by atoms with Gasteiger partial charge in [-0.2, -0.15) is 0 Å². The molecule has 168 valence electrons. The van der Waals surface area contributed by atoms with E-state index in [2.05, 4.69) is 22.5 Å². The Hall–Kier alpha value is -2.43. The van der Waals surface area contributed by atoms with Gasteiger partial charge in [-0.3, -0.25) is 20.4 Å². The zero-order chi connectivity index (χ0) is 22.4. The lowest BCUT2D eigenvalue weighted by Gasteiger charge is -2.19. The monoisotopic (exact) mass is 465 g/mol. The average Bonchev–Trinajstić information content (AvgIpc) is 3.20. The van der Waals surface area contributed by atoms with Gasteiger partial charge in [0.15, 0.2) is 0 Å². The number of rotatable bonds is 8. The largest absolute Gasteiger partial charge is 0.497 e. The van der Waals surface area contributed by atoms with Crippen LogP contribution >= 0.6 is 11.3 Å². The number of sulfonamides is 1. The number of thiophene rings is 1. The summed E-state index contributed by atoms with van der Waals surface area (Å²) >= 11 is 1.47. The molecular weight excluding hydrogens is 438 g/mol. The molecule has 3 rings (SSSR count). The summed E-state index contributed by atoms with van der Waals surface area (Å²) in [6.45, 7) is 2.09. The average molecular weight is 466 g/mol. The van der Waals surface area contributed by atoms with Gasteiger partial charge in [0.05, 0.1) is 16.9 Å². The van der Waals surface area contributed by atoms with Crippen LogP contribution in [0.3, 0.4) is 0 Å². The van der Waals surface area contributed by atoms with E-state index in [1.54, 1.807) is 12.1 Å². The third kappa shape index (κ3) is 6.05. The Kier molecular flexibility index (Phi) is 7.69. The van der Waals surface area contributed by atoms with E-state index >= 15 is 0 Å². The lowest BCUT2D eigenvalue weighted by Crippen LogP contribution is -2.42. The van der Waals surface area contributed by atoms with Crippen LogP contribution in [0.4, 0.5) is 0 Å². The van der Waals surface area contributed by atoms with Gasteiger partial charge in [0, 0.05) is 17.8 Å². The number of carbonyl (C=O) groups is 2. The summed E-state index contributed by atoms with van der Waals surface area (Å²) in [6, 6.07) is 7.84. The minimum atomic E-state index is -3.74. The Morgan fingerprint density at radius 1 is 1.19 bits per heavy atom. The highest BCUT2D eigenvalue weighted by Gasteiger charge is 2.22. The highest BCUT2D eigenvalue weighted by molar-refractivity contribution is 7.89. The van der Waals surface area contributed by atoms with Crippen molar-refractivity contribution >= 4 is 33.2 Å². The first kappa shape index (κ1) is 23.2. The second-order valence-corrected chi connectivity index (χ2v) is 10.3. The van der Waals surface area contributed by atoms with Crippen LogP contribution in [0.2, 0.25) is 0 Å². The van der Waals surface area contributed by atoms with Crippen molar-refractivity contribution in [2.75, 3.05) is 13.7 Å². The van der Waals surface area contributed by atoms with E-state index in [-0.39, 0.29) is 23.8 Å². The Morgan fingerprint density at radius 2 is 1.94 bits per heavy atom. The quantitative estimate of drug-likeness (QED) is 0.518. The van der Waals surface area contributed by atoms with Crippen LogP contribution in [0.15, 0.2) is 35.2 Å². The minimum absolute atomic E-state index is 0.0778. The maximum absolute atomic E-state index is 12.4. The molecule has 0 aliphatic heterocycles. The van der Waals surface area contributed by atoms with Gasteiger partial charge in [-0.1, -0.05) is 13.3 Å². The molecule has 1 aromatic carbocycles. The second kappa shape index (κ2) is 10.3. The van der Waals surface area contributed by atoms with Gasteiger partial charge < -0.3 is 4.74 Å². The molecule has 0 bridgehead atoms. The van der Waals surface area contributed by atoms with E-state index in [4.69, 9.17) is 4.74 Å². The molecule has 2 aromatic rings. The maximum Gasteiger partial charge on any atom is 0.279 e. The van der Waals surface area contributed by atoms with Crippen LogP contribution in [-0.4, -0.2) is 33.9 Å². The summed E-state index contributed by atoms with van der Waals surface area (Å²) < 4.78 is 31.9. The van der Waals surface area contributed by atoms with Crippen LogP contribution in [0.5, 0.6) is 5.75 Å². The second-order valence-electron chi connectivity index (χ2n) is 7.40. The van der Waals surface area contributed by atoms with Crippen LogP contribution in [0, 0.1) is 5.92 Å². The van der Waals surface area contributed by atoms with Gasteiger partial charge in [-0.15, -0.1) is 11.3 Å². The summed E-state index contributed by atoms with van der Waals surface area (Å²) in [5.74, 6) is 0.364. The van der Waals surface area contributed by atoms with Gasteiger partial charge in [0.25, 0.3) is 5.91 Å². The Morgan fingerprint density at radius 3 is 2.61 bits per heavy atom. The number of benzene rings is 1. The molecule has 0 radical (unpaired) electrons. The first-order chi connectivity index (χ1) is 14.8. The molecule has 8 nitrogen and oxygen atoms in total. The van der Waals surface area contributed by atoms with E-state index in [9.17, 15) is 18.0 Å². The molecule has 1 atom stereocenters. The Bertz CT molecular complexity index is 1030. The van der Waals surface area contributed by atoms with Crippen molar-refractivity contribution in [2.24, 2.45) is 5.92 Å². The van der Waals surface area contributed by atoms with Gasteiger partial charge in [0.1, 0.15) is 5.75 Å². The molecule has 1 heterocycles. The van der Waals surface area contributed by atoms with Gasteiger partial charge >= 0.3 is 0 Å². The molecule has 0 saturated carbocycles. The predicted octanol–water partition coefficient (Wildman–Crippen LogP) is 2.40. The number of ether oxygens (including phenoxy) is 1. The molecular formula is C21H27N3O5S2. The zero-order valence-electron chi connectivity index (χ0n) is 17.6. The van der Waals surface area contributed by atoms with Crippen molar-refractivity contribution in [2.45, 2.75) is 43.9 Å². The van der Waals surface area contributed by atoms with Crippen molar-refractivity contribution in [3.8, 4) is 5.75 Å². The molecule has 0 spiro atoms. The third-order valence-electron chi connectivity index (χ3n) is 5.32. The fraction of sp³-hybridized carbons (Fsp3) is 0.429. The molecule has 0 saturated heterocycles. The van der Waals surface area contributed by atoms with Gasteiger partial charge in [-0.05, 0) is 61.1 Å². The topological polar surface area (TPSA) is 114 Å². The van der Waals surface area contributed by atoms with E-state index in [0.717, 1.165) is 25.7 Å². The molecule has 2 amide bonds. The number of amides is 2. The fourth-order valence-electron chi connectivity index (χ4n) is 3.45. The highest BCUT2D eigenvalue weighted by Crippen LogP contribution is 2.33. The molecule has 0 unspecified atom stereocenters. The Balaban J connectivity index is 1.44. The number of nitrogens with one attached hydrogen (secondary N) is 3. The number of aryl methyl sites for hydroxylation is 1. The summed E-state index contributed by atoms with van der Waals surface area (Å²) in [7, 11) is -2.24. The predicted molar refractivity (Wildman–Crippen MR) is 119 cm³/mol. The highest BCUT2D eigenvalue weighted by atomic mass is 32.2. The number of fused-ring (bicyclic) bond motifs is 1. The van der Waals surface area contributed by atoms with Crippen LogP contribution in [-0.2, 0) is 27.7 Å². The number of carbonyl (C=O) groups excluding carboxylic acids is 2. The van der Waals surface area contributed by atoms with Crippen LogP contribution in [0.1, 0.15) is 46.3 Å². The molecule has 0 fully saturated rings. The van der Waals surface area contributed by atoms with Crippen LogP contribution < -0.4 is 20.3 Å². The standard InChI is InChI=1S/C21H27N3O5S2/c1-3-14-4-9-18-15(12-14)13-19(30-18)21(26)24-23-20(25)10-11-22-31(27,28)17-7-5-16(29-2)6-8-17/h5-8,13-14,22H,3-4,9-12H2,1-2H3,(H,23,25)(H,24,26)/t14-/m1/s1. The molecule has 3 N–H and O–H groups in total. The molecule has 1 aliphatic rings. The van der Waals surface area contributed by atoms with E-state index in [1.165, 1.54) is 41.0 Å². The number of methoxy groups -OCH3 is 1. The maximum atomic E-state index is 12.4. The lowest BCUT2D eigenvalue weighted by molar-refractivity contribution is -0.121. The molecule has 1 aromatic heterocycles. The number of hydrogen-bond acceptors (Lipinski definition) is 6. The summed E-state index contributed by atoms with van der Waals surface area (Å²) in [6.07, 6.45) is 4.15. The summed E-state index contributed by atoms with van der Waals surface area (Å²) in [5.41, 5.74) is 5.97. The normalized spacial score (nSPS) is 15.7. The minimum Gasteiger partial charge on any atom is -0.497 e. The van der Waals surface area contributed by atoms with E-state index in [1.807, 2.05) is 6.07 Å². The van der Waals surface area contributed by atoms with Crippen LogP contribution in [0.25, 0.3) is 0 Å². The first-order valence-electron chi connectivity index (χ1n) is 10.2. The summed E-state index contributed by atoms with van der Waals surface area (Å²) in [4.78, 5) is 26.2.